The van der Waals surface area contributed by atoms with Gasteiger partial charge in [0, 0.05) is 16.5 Å². The molecule has 3 aromatic carbocycles. The number of ketones is 1. The van der Waals surface area contributed by atoms with Crippen LogP contribution in [0.5, 0.6) is 0 Å². The summed E-state index contributed by atoms with van der Waals surface area (Å²) in [6.45, 7) is 9.52. The van der Waals surface area contributed by atoms with Crippen molar-refractivity contribution in [1.82, 2.24) is 0 Å². The Morgan fingerprint density at radius 3 is 2.11 bits per heavy atom. The van der Waals surface area contributed by atoms with E-state index in [4.69, 9.17) is 0 Å². The number of hydrogen-bond acceptors (Lipinski definition) is 2. The maximum Gasteiger partial charge on any atom is 0.229 e. The van der Waals surface area contributed by atoms with E-state index in [-0.39, 0.29) is 11.7 Å². The van der Waals surface area contributed by atoms with Crippen LogP contribution < -0.4 is 5.32 Å². The lowest BCUT2D eigenvalue weighted by Crippen LogP contribution is -2.28. The van der Waals surface area contributed by atoms with Crippen molar-refractivity contribution in [3.05, 3.63) is 76.9 Å². The van der Waals surface area contributed by atoms with E-state index in [0.717, 1.165) is 21.9 Å². The number of nitrogens with one attached hydrogen (secondary N) is 1. The van der Waals surface area contributed by atoms with Crippen molar-refractivity contribution in [3.63, 3.8) is 0 Å². The molecule has 0 saturated heterocycles. The summed E-state index contributed by atoms with van der Waals surface area (Å²) in [4.78, 5) is 25.7. The topological polar surface area (TPSA) is 46.2 Å². The Kier molecular flexibility index (Phi) is 4.88. The fraction of sp³-hybridized carbons (Fsp3) is 0.250. The number of anilines is 1. The van der Waals surface area contributed by atoms with Crippen molar-refractivity contribution >= 4 is 28.2 Å². The van der Waals surface area contributed by atoms with Gasteiger partial charge in [0.25, 0.3) is 0 Å². The van der Waals surface area contributed by atoms with Crippen molar-refractivity contribution in [2.45, 2.75) is 34.6 Å². The molecule has 0 aromatic heterocycles. The molecule has 3 aromatic rings. The highest BCUT2D eigenvalue weighted by Gasteiger charge is 2.24. The standard InChI is InChI=1S/C24H25NO2/c1-15-12-20(21(13-16(15)2)25-23(27)24(3,4)5)22(26)19-11-10-17-8-6-7-9-18(17)14-19/h6-14H,1-5H3,(H,25,27). The SMILES string of the molecule is Cc1cc(NC(=O)C(C)(C)C)c(C(=O)c2ccc3ccccc3c2)cc1C. The van der Waals surface area contributed by atoms with Gasteiger partial charge >= 0.3 is 0 Å². The lowest BCUT2D eigenvalue weighted by molar-refractivity contribution is -0.123. The molecule has 0 fully saturated rings. The number of carbonyl (C=O) groups is 2. The molecule has 27 heavy (non-hydrogen) atoms. The Hall–Kier alpha value is -2.94. The van der Waals surface area contributed by atoms with Crippen molar-refractivity contribution < 1.29 is 9.59 Å². The normalized spacial score (nSPS) is 11.4. The van der Waals surface area contributed by atoms with Gasteiger partial charge in [-0.25, -0.2) is 0 Å². The molecule has 0 spiro atoms. The Morgan fingerprint density at radius 1 is 0.815 bits per heavy atom. The summed E-state index contributed by atoms with van der Waals surface area (Å²) in [6.07, 6.45) is 0. The summed E-state index contributed by atoms with van der Waals surface area (Å²) in [5.41, 5.74) is 3.22. The van der Waals surface area contributed by atoms with E-state index >= 15 is 0 Å². The molecule has 1 amide bonds. The number of hydrogen-bond donors (Lipinski definition) is 1. The quantitative estimate of drug-likeness (QED) is 0.612. The third-order valence-corrected chi connectivity index (χ3v) is 4.82. The first-order valence-electron chi connectivity index (χ1n) is 9.13. The van der Waals surface area contributed by atoms with Gasteiger partial charge in [-0.05, 0) is 53.9 Å². The Labute approximate surface area is 160 Å². The molecular formula is C24H25NO2. The highest BCUT2D eigenvalue weighted by molar-refractivity contribution is 6.15. The maximum atomic E-state index is 13.3. The average molecular weight is 359 g/mol. The highest BCUT2D eigenvalue weighted by atomic mass is 16.2. The molecule has 0 radical (unpaired) electrons. The van der Waals surface area contributed by atoms with E-state index in [0.29, 0.717) is 16.8 Å². The minimum atomic E-state index is -0.540. The molecule has 1 N–H and O–H groups in total. The Morgan fingerprint density at radius 2 is 1.44 bits per heavy atom. The fourth-order valence-electron chi connectivity index (χ4n) is 2.90. The fourth-order valence-corrected chi connectivity index (χ4v) is 2.90. The molecule has 0 unspecified atom stereocenters. The van der Waals surface area contributed by atoms with Crippen molar-refractivity contribution in [2.75, 3.05) is 5.32 Å². The second-order valence-corrected chi connectivity index (χ2v) is 8.08. The Bertz CT molecular complexity index is 1040. The third kappa shape index (κ3) is 3.92. The second-order valence-electron chi connectivity index (χ2n) is 8.08. The summed E-state index contributed by atoms with van der Waals surface area (Å²) < 4.78 is 0. The number of carbonyl (C=O) groups excluding carboxylic acids is 2. The molecule has 138 valence electrons. The van der Waals surface area contributed by atoms with Gasteiger partial charge in [-0.15, -0.1) is 0 Å². The predicted octanol–water partition coefficient (Wildman–Crippen LogP) is 5.67. The van der Waals surface area contributed by atoms with Crippen LogP contribution in [0.4, 0.5) is 5.69 Å². The summed E-state index contributed by atoms with van der Waals surface area (Å²) in [6, 6.07) is 17.4. The van der Waals surface area contributed by atoms with Crippen LogP contribution in [0.1, 0.15) is 47.8 Å². The first kappa shape index (κ1) is 18.8. The van der Waals surface area contributed by atoms with Gasteiger partial charge in [0.2, 0.25) is 5.91 Å². The summed E-state index contributed by atoms with van der Waals surface area (Å²) in [5.74, 6) is -0.202. The molecule has 3 rings (SSSR count). The van der Waals surface area contributed by atoms with Crippen LogP contribution in [0.2, 0.25) is 0 Å². The average Bonchev–Trinajstić information content (AvgIpc) is 2.62. The first-order valence-corrected chi connectivity index (χ1v) is 9.13. The number of amides is 1. The minimum absolute atomic E-state index is 0.0898. The van der Waals surface area contributed by atoms with Crippen LogP contribution in [-0.4, -0.2) is 11.7 Å². The highest BCUT2D eigenvalue weighted by Crippen LogP contribution is 2.27. The molecule has 0 aliphatic heterocycles. The molecule has 3 nitrogen and oxygen atoms in total. The van der Waals surface area contributed by atoms with Gasteiger partial charge in [-0.2, -0.15) is 0 Å². The lowest BCUT2D eigenvalue weighted by atomic mass is 9.93. The van der Waals surface area contributed by atoms with E-state index in [1.165, 1.54) is 0 Å². The number of benzene rings is 3. The Balaban J connectivity index is 2.06. The van der Waals surface area contributed by atoms with Crippen molar-refractivity contribution in [2.24, 2.45) is 5.41 Å². The van der Waals surface area contributed by atoms with Crippen LogP contribution in [0, 0.1) is 19.3 Å². The molecule has 0 aliphatic rings. The first-order chi connectivity index (χ1) is 12.7. The van der Waals surface area contributed by atoms with Crippen molar-refractivity contribution in [3.8, 4) is 0 Å². The van der Waals surface area contributed by atoms with Crippen LogP contribution in [0.25, 0.3) is 10.8 Å². The third-order valence-electron chi connectivity index (χ3n) is 4.82. The zero-order chi connectivity index (χ0) is 19.8. The summed E-state index contributed by atoms with van der Waals surface area (Å²) >= 11 is 0. The minimum Gasteiger partial charge on any atom is -0.325 e. The summed E-state index contributed by atoms with van der Waals surface area (Å²) in [5, 5.41) is 5.06. The van der Waals surface area contributed by atoms with Crippen LogP contribution in [-0.2, 0) is 4.79 Å². The predicted molar refractivity (Wildman–Crippen MR) is 111 cm³/mol. The zero-order valence-electron chi connectivity index (χ0n) is 16.5. The molecule has 3 heteroatoms. The smallest absolute Gasteiger partial charge is 0.229 e. The lowest BCUT2D eigenvalue weighted by Gasteiger charge is -2.20. The van der Waals surface area contributed by atoms with E-state index in [2.05, 4.69) is 5.32 Å². The molecule has 0 bridgehead atoms. The molecular weight excluding hydrogens is 334 g/mol. The number of fused-ring (bicyclic) bond motifs is 1. The van der Waals surface area contributed by atoms with Crippen LogP contribution in [0.3, 0.4) is 0 Å². The maximum absolute atomic E-state index is 13.3. The molecule has 0 aliphatic carbocycles. The van der Waals surface area contributed by atoms with Gasteiger partial charge in [0.1, 0.15) is 0 Å². The van der Waals surface area contributed by atoms with E-state index in [1.807, 2.05) is 89.2 Å². The van der Waals surface area contributed by atoms with E-state index in [9.17, 15) is 9.59 Å². The van der Waals surface area contributed by atoms with Gasteiger partial charge < -0.3 is 5.32 Å². The molecule has 0 saturated carbocycles. The van der Waals surface area contributed by atoms with Crippen molar-refractivity contribution in [1.29, 1.82) is 0 Å². The summed E-state index contributed by atoms with van der Waals surface area (Å²) in [7, 11) is 0. The van der Waals surface area contributed by atoms with Gasteiger partial charge in [0.15, 0.2) is 5.78 Å². The largest absolute Gasteiger partial charge is 0.325 e. The zero-order valence-corrected chi connectivity index (χ0v) is 16.5. The second kappa shape index (κ2) is 6.99. The van der Waals surface area contributed by atoms with E-state index in [1.54, 1.807) is 0 Å². The van der Waals surface area contributed by atoms with Gasteiger partial charge in [0.05, 0.1) is 5.69 Å². The van der Waals surface area contributed by atoms with Crippen LogP contribution in [0.15, 0.2) is 54.6 Å². The number of rotatable bonds is 3. The monoisotopic (exact) mass is 359 g/mol. The van der Waals surface area contributed by atoms with E-state index < -0.39 is 5.41 Å². The molecule has 0 heterocycles. The van der Waals surface area contributed by atoms with Gasteiger partial charge in [-0.3, -0.25) is 9.59 Å². The van der Waals surface area contributed by atoms with Crippen LogP contribution >= 0.6 is 0 Å². The molecule has 0 atom stereocenters. The van der Waals surface area contributed by atoms with Gasteiger partial charge in [-0.1, -0.05) is 57.2 Å². The number of aryl methyl sites for hydroxylation is 2.